The zero-order chi connectivity index (χ0) is 26.7. The van der Waals surface area contributed by atoms with Crippen molar-refractivity contribution in [2.45, 2.75) is 39.0 Å². The zero-order valence-electron chi connectivity index (χ0n) is 21.5. The molecule has 2 aromatic carbocycles. The maximum absolute atomic E-state index is 13.6. The first-order valence-electron chi connectivity index (χ1n) is 12.8. The highest BCUT2D eigenvalue weighted by molar-refractivity contribution is 5.94. The van der Waals surface area contributed by atoms with Crippen LogP contribution >= 0.6 is 0 Å². The lowest BCUT2D eigenvalue weighted by Gasteiger charge is -2.29. The molecule has 3 aromatic rings. The summed E-state index contributed by atoms with van der Waals surface area (Å²) in [5, 5.41) is 2.84. The molecule has 3 amide bonds. The lowest BCUT2D eigenvalue weighted by Crippen LogP contribution is -2.46. The summed E-state index contributed by atoms with van der Waals surface area (Å²) in [4.78, 5) is 42.0. The van der Waals surface area contributed by atoms with E-state index in [1.54, 1.807) is 48.4 Å². The summed E-state index contributed by atoms with van der Waals surface area (Å²) in [6.45, 7) is 3.49. The van der Waals surface area contributed by atoms with Gasteiger partial charge in [0.1, 0.15) is 12.3 Å². The van der Waals surface area contributed by atoms with Crippen LogP contribution in [0.3, 0.4) is 0 Å². The summed E-state index contributed by atoms with van der Waals surface area (Å²) in [6.07, 6.45) is 3.19. The van der Waals surface area contributed by atoms with E-state index in [1.807, 2.05) is 36.4 Å². The van der Waals surface area contributed by atoms with Crippen LogP contribution in [-0.4, -0.2) is 60.1 Å². The van der Waals surface area contributed by atoms with Gasteiger partial charge in [0.2, 0.25) is 5.91 Å². The van der Waals surface area contributed by atoms with Crippen LogP contribution in [0.1, 0.15) is 41.4 Å². The number of nitrogens with one attached hydrogen (secondary N) is 1. The predicted molar refractivity (Wildman–Crippen MR) is 141 cm³/mol. The fourth-order valence-corrected chi connectivity index (χ4v) is 4.25. The number of nitrogens with zero attached hydrogens (tertiary/aromatic N) is 2. The van der Waals surface area contributed by atoms with Gasteiger partial charge in [0.05, 0.1) is 31.1 Å². The first kappa shape index (κ1) is 26.9. The van der Waals surface area contributed by atoms with Gasteiger partial charge in [-0.15, -0.1) is 0 Å². The van der Waals surface area contributed by atoms with E-state index in [-0.39, 0.29) is 31.7 Å². The fraction of sp³-hybridized carbons (Fsp3) is 0.345. The van der Waals surface area contributed by atoms with E-state index < -0.39 is 12.0 Å². The number of ether oxygens (including phenoxy) is 2. The molecule has 1 aromatic heterocycles. The number of anilines is 1. The van der Waals surface area contributed by atoms with Gasteiger partial charge in [-0.1, -0.05) is 30.3 Å². The lowest BCUT2D eigenvalue weighted by atomic mass is 10.2. The normalized spacial score (nSPS) is 14.6. The molecule has 2 heterocycles. The molecule has 0 saturated carbocycles. The van der Waals surface area contributed by atoms with Crippen molar-refractivity contribution in [3.63, 3.8) is 0 Å². The van der Waals surface area contributed by atoms with Gasteiger partial charge in [-0.05, 0) is 61.7 Å². The number of carbonyl (C=O) groups is 3. The number of esters is 1. The second-order valence-corrected chi connectivity index (χ2v) is 9.06. The predicted octanol–water partition coefficient (Wildman–Crippen LogP) is 4.70. The number of furan rings is 1. The molecule has 1 unspecified atom stereocenters. The van der Waals surface area contributed by atoms with Gasteiger partial charge in [0.15, 0.2) is 0 Å². The highest BCUT2D eigenvalue weighted by Crippen LogP contribution is 2.17. The third-order valence-corrected chi connectivity index (χ3v) is 6.20. The first-order chi connectivity index (χ1) is 18.5. The number of hydrogen-bond acceptors (Lipinski definition) is 6. The van der Waals surface area contributed by atoms with Gasteiger partial charge in [0, 0.05) is 25.4 Å². The molecule has 1 N–H and O–H groups in total. The SMILES string of the molecule is CCOC(=O)c1ccc(NC(=O)N(CC(=O)N(Cc2ccccc2)Cc2ccco2)CC2CCCO2)cc1. The molecule has 1 aliphatic rings. The van der Waals surface area contributed by atoms with E-state index in [2.05, 4.69) is 5.32 Å². The van der Waals surface area contributed by atoms with Crippen molar-refractivity contribution >= 4 is 23.6 Å². The van der Waals surface area contributed by atoms with Gasteiger partial charge < -0.3 is 29.0 Å². The van der Waals surface area contributed by atoms with Crippen LogP contribution in [0.5, 0.6) is 0 Å². The Morgan fingerprint density at radius 2 is 1.76 bits per heavy atom. The first-order valence-corrected chi connectivity index (χ1v) is 12.8. The minimum Gasteiger partial charge on any atom is -0.467 e. The molecule has 4 rings (SSSR count). The van der Waals surface area contributed by atoms with Crippen molar-refractivity contribution in [2.75, 3.05) is 31.6 Å². The molecular formula is C29H33N3O6. The number of rotatable bonds is 11. The van der Waals surface area contributed by atoms with Gasteiger partial charge in [0.25, 0.3) is 0 Å². The third-order valence-electron chi connectivity index (χ3n) is 6.20. The molecule has 0 aliphatic carbocycles. The number of urea groups is 1. The van der Waals surface area contributed by atoms with Crippen molar-refractivity contribution in [3.05, 3.63) is 89.9 Å². The molecule has 9 heteroatoms. The molecule has 1 fully saturated rings. The summed E-state index contributed by atoms with van der Waals surface area (Å²) in [6, 6.07) is 19.3. The standard InChI is InChI=1S/C29H33N3O6/c1-2-36-28(34)23-12-14-24(15-13-23)30-29(35)32(20-26-11-7-17-38-26)21-27(33)31(19-25-10-6-16-37-25)18-22-8-4-3-5-9-22/h3-6,8-10,12-16,26H,2,7,11,17-21H2,1H3,(H,30,35). The van der Waals surface area contributed by atoms with Gasteiger partial charge >= 0.3 is 12.0 Å². The molecule has 1 aliphatic heterocycles. The molecule has 0 bridgehead atoms. The molecule has 0 radical (unpaired) electrons. The minimum atomic E-state index is -0.425. The van der Waals surface area contributed by atoms with E-state index >= 15 is 0 Å². The maximum atomic E-state index is 13.6. The molecule has 1 atom stereocenters. The average molecular weight is 520 g/mol. The van der Waals surface area contributed by atoms with Gasteiger partial charge in [-0.25, -0.2) is 9.59 Å². The molecule has 9 nitrogen and oxygen atoms in total. The number of amides is 3. The highest BCUT2D eigenvalue weighted by Gasteiger charge is 2.27. The van der Waals surface area contributed by atoms with Crippen molar-refractivity contribution in [1.82, 2.24) is 9.80 Å². The Balaban J connectivity index is 1.47. The topological polar surface area (TPSA) is 101 Å². The van der Waals surface area contributed by atoms with Gasteiger partial charge in [-0.3, -0.25) is 4.79 Å². The smallest absolute Gasteiger partial charge is 0.338 e. The van der Waals surface area contributed by atoms with Crippen LogP contribution in [0.2, 0.25) is 0 Å². The highest BCUT2D eigenvalue weighted by atomic mass is 16.5. The lowest BCUT2D eigenvalue weighted by molar-refractivity contribution is -0.133. The number of benzene rings is 2. The maximum Gasteiger partial charge on any atom is 0.338 e. The Hall–Kier alpha value is -4.11. The van der Waals surface area contributed by atoms with E-state index in [1.165, 1.54) is 4.90 Å². The summed E-state index contributed by atoms with van der Waals surface area (Å²) < 4.78 is 16.3. The second kappa shape index (κ2) is 13.4. The van der Waals surface area contributed by atoms with E-state index in [0.29, 0.717) is 36.7 Å². The average Bonchev–Trinajstić information content (AvgIpc) is 3.64. The van der Waals surface area contributed by atoms with Gasteiger partial charge in [-0.2, -0.15) is 0 Å². The number of carbonyl (C=O) groups excluding carboxylic acids is 3. The Labute approximate surface area is 222 Å². The largest absolute Gasteiger partial charge is 0.467 e. The molecule has 0 spiro atoms. The van der Waals surface area contributed by atoms with Crippen LogP contribution < -0.4 is 5.32 Å². The zero-order valence-corrected chi connectivity index (χ0v) is 21.5. The third kappa shape index (κ3) is 7.69. The molecule has 200 valence electrons. The Bertz CT molecular complexity index is 1170. The summed E-state index contributed by atoms with van der Waals surface area (Å²) >= 11 is 0. The minimum absolute atomic E-state index is 0.125. The monoisotopic (exact) mass is 519 g/mol. The van der Waals surface area contributed by atoms with Crippen molar-refractivity contribution < 1.29 is 28.3 Å². The van der Waals surface area contributed by atoms with Crippen LogP contribution in [0.25, 0.3) is 0 Å². The molecule has 38 heavy (non-hydrogen) atoms. The van der Waals surface area contributed by atoms with E-state index in [4.69, 9.17) is 13.9 Å². The van der Waals surface area contributed by atoms with Crippen molar-refractivity contribution in [1.29, 1.82) is 0 Å². The van der Waals surface area contributed by atoms with Crippen molar-refractivity contribution in [3.8, 4) is 0 Å². The summed E-state index contributed by atoms with van der Waals surface area (Å²) in [5.41, 5.74) is 1.87. The van der Waals surface area contributed by atoms with Crippen LogP contribution in [-0.2, 0) is 27.4 Å². The molecule has 1 saturated heterocycles. The Kier molecular flexibility index (Phi) is 9.53. The molecular weight excluding hydrogens is 486 g/mol. The van der Waals surface area contributed by atoms with Crippen molar-refractivity contribution in [2.24, 2.45) is 0 Å². The van der Waals surface area contributed by atoms with E-state index in [9.17, 15) is 14.4 Å². The van der Waals surface area contributed by atoms with Crippen LogP contribution in [0.4, 0.5) is 10.5 Å². The van der Waals surface area contributed by atoms with Crippen LogP contribution in [0, 0.1) is 0 Å². The second-order valence-electron chi connectivity index (χ2n) is 9.06. The Morgan fingerprint density at radius 1 is 0.974 bits per heavy atom. The number of hydrogen-bond donors (Lipinski definition) is 1. The Morgan fingerprint density at radius 3 is 2.42 bits per heavy atom. The summed E-state index contributed by atoms with van der Waals surface area (Å²) in [5.74, 6) is 0.0215. The fourth-order valence-electron chi connectivity index (χ4n) is 4.25. The summed E-state index contributed by atoms with van der Waals surface area (Å²) in [7, 11) is 0. The van der Waals surface area contributed by atoms with Crippen LogP contribution in [0.15, 0.2) is 77.4 Å². The van der Waals surface area contributed by atoms with E-state index in [0.717, 1.165) is 18.4 Å². The quantitative estimate of drug-likeness (QED) is 0.369.